The lowest BCUT2D eigenvalue weighted by Gasteiger charge is -2.23. The molecule has 1 atom stereocenters. The largest absolute Gasteiger partial charge is 0.491 e. The Bertz CT molecular complexity index is 382. The lowest BCUT2D eigenvalue weighted by molar-refractivity contribution is 0.106. The maximum atomic E-state index is 9.88. The molecule has 0 fully saturated rings. The molecule has 0 radical (unpaired) electrons. The highest BCUT2D eigenvalue weighted by Gasteiger charge is 2.16. The van der Waals surface area contributed by atoms with E-state index in [0.29, 0.717) is 13.2 Å². The van der Waals surface area contributed by atoms with Crippen LogP contribution < -0.4 is 10.1 Å². The van der Waals surface area contributed by atoms with Crippen molar-refractivity contribution in [3.8, 4) is 5.75 Å². The predicted molar refractivity (Wildman–Crippen MR) is 83.1 cm³/mol. The molecule has 1 unspecified atom stereocenters. The van der Waals surface area contributed by atoms with Gasteiger partial charge >= 0.3 is 0 Å². The number of thioether (sulfide) groups is 1. The zero-order valence-electron chi connectivity index (χ0n) is 12.3. The molecule has 0 spiro atoms. The van der Waals surface area contributed by atoms with Gasteiger partial charge in [0.2, 0.25) is 0 Å². The summed E-state index contributed by atoms with van der Waals surface area (Å²) in [7, 11) is 0. The first-order valence-corrected chi connectivity index (χ1v) is 7.79. The highest BCUT2D eigenvalue weighted by atomic mass is 32.2. The molecular weight excluding hydrogens is 258 g/mol. The van der Waals surface area contributed by atoms with Crippen molar-refractivity contribution in [3.05, 3.63) is 29.8 Å². The molecule has 0 heterocycles. The second kappa shape index (κ2) is 7.78. The van der Waals surface area contributed by atoms with Gasteiger partial charge in [0.05, 0.1) is 0 Å². The van der Waals surface area contributed by atoms with E-state index in [1.807, 2.05) is 43.0 Å². The molecule has 0 saturated carbocycles. The Morgan fingerprint density at radius 3 is 2.68 bits per heavy atom. The number of aliphatic hydroxyl groups is 1. The van der Waals surface area contributed by atoms with Gasteiger partial charge in [0.25, 0.3) is 0 Å². The molecule has 0 aliphatic heterocycles. The van der Waals surface area contributed by atoms with E-state index in [9.17, 15) is 5.11 Å². The van der Waals surface area contributed by atoms with Crippen molar-refractivity contribution in [1.29, 1.82) is 0 Å². The van der Waals surface area contributed by atoms with Crippen LogP contribution in [-0.4, -0.2) is 41.9 Å². The summed E-state index contributed by atoms with van der Waals surface area (Å²) in [6.45, 7) is 8.10. The number of hydrogen-bond donors (Lipinski definition) is 2. The van der Waals surface area contributed by atoms with Gasteiger partial charge in [-0.2, -0.15) is 11.8 Å². The summed E-state index contributed by atoms with van der Waals surface area (Å²) < 4.78 is 5.80. The molecule has 2 N–H and O–H groups in total. The van der Waals surface area contributed by atoms with Crippen LogP contribution in [0.25, 0.3) is 0 Å². The second-order valence-corrected chi connectivity index (χ2v) is 6.84. The number of aryl methyl sites for hydroxylation is 1. The first-order chi connectivity index (χ1) is 8.94. The van der Waals surface area contributed by atoms with E-state index in [1.165, 1.54) is 0 Å². The average molecular weight is 283 g/mol. The fourth-order valence-electron chi connectivity index (χ4n) is 1.58. The summed E-state index contributed by atoms with van der Waals surface area (Å²) in [5.74, 6) is 0.839. The summed E-state index contributed by atoms with van der Waals surface area (Å²) in [5.41, 5.74) is 1.09. The van der Waals surface area contributed by atoms with Crippen molar-refractivity contribution in [2.45, 2.75) is 31.6 Å². The van der Waals surface area contributed by atoms with Crippen molar-refractivity contribution in [2.75, 3.05) is 26.0 Å². The molecule has 0 aliphatic rings. The maximum absolute atomic E-state index is 9.88. The number of para-hydroxylation sites is 1. The minimum Gasteiger partial charge on any atom is -0.491 e. The lowest BCUT2D eigenvalue weighted by Crippen LogP contribution is -2.38. The topological polar surface area (TPSA) is 41.5 Å². The average Bonchev–Trinajstić information content (AvgIpc) is 2.37. The van der Waals surface area contributed by atoms with E-state index in [-0.39, 0.29) is 4.75 Å². The molecule has 0 amide bonds. The van der Waals surface area contributed by atoms with Gasteiger partial charge in [-0.3, -0.25) is 0 Å². The van der Waals surface area contributed by atoms with Gasteiger partial charge in [-0.25, -0.2) is 0 Å². The van der Waals surface area contributed by atoms with Crippen LogP contribution in [-0.2, 0) is 0 Å². The monoisotopic (exact) mass is 283 g/mol. The Morgan fingerprint density at radius 1 is 1.37 bits per heavy atom. The Labute approximate surface area is 120 Å². The minimum atomic E-state index is -0.489. The Morgan fingerprint density at radius 2 is 2.05 bits per heavy atom. The molecule has 1 aromatic rings. The zero-order chi connectivity index (χ0) is 14.3. The lowest BCUT2D eigenvalue weighted by atomic mass is 10.2. The Kier molecular flexibility index (Phi) is 6.69. The van der Waals surface area contributed by atoms with Gasteiger partial charge in [-0.15, -0.1) is 0 Å². The molecule has 108 valence electrons. The van der Waals surface area contributed by atoms with Gasteiger partial charge in [-0.05, 0) is 38.7 Å². The number of ether oxygens (including phenoxy) is 1. The van der Waals surface area contributed by atoms with E-state index in [4.69, 9.17) is 4.74 Å². The van der Waals surface area contributed by atoms with Crippen LogP contribution in [0, 0.1) is 6.92 Å². The van der Waals surface area contributed by atoms with Crippen LogP contribution in [0.3, 0.4) is 0 Å². The molecular formula is C15H25NO2S. The molecule has 3 nitrogen and oxygen atoms in total. The first-order valence-electron chi connectivity index (χ1n) is 6.57. The van der Waals surface area contributed by atoms with Crippen molar-refractivity contribution < 1.29 is 9.84 Å². The van der Waals surface area contributed by atoms with Crippen LogP contribution in [0.15, 0.2) is 24.3 Å². The van der Waals surface area contributed by atoms with Crippen molar-refractivity contribution in [1.82, 2.24) is 5.32 Å². The number of benzene rings is 1. The number of hydrogen-bond acceptors (Lipinski definition) is 4. The van der Waals surface area contributed by atoms with E-state index in [0.717, 1.165) is 17.9 Å². The van der Waals surface area contributed by atoms with E-state index < -0.39 is 6.10 Å². The summed E-state index contributed by atoms with van der Waals surface area (Å²) in [4.78, 5) is 0. The van der Waals surface area contributed by atoms with Crippen LogP contribution >= 0.6 is 11.8 Å². The number of aliphatic hydroxyl groups excluding tert-OH is 1. The molecule has 1 aromatic carbocycles. The Hall–Kier alpha value is -0.710. The van der Waals surface area contributed by atoms with Gasteiger partial charge in [0.15, 0.2) is 0 Å². The van der Waals surface area contributed by atoms with Gasteiger partial charge in [0, 0.05) is 17.8 Å². The van der Waals surface area contributed by atoms with Crippen molar-refractivity contribution in [2.24, 2.45) is 0 Å². The van der Waals surface area contributed by atoms with E-state index >= 15 is 0 Å². The highest BCUT2D eigenvalue weighted by molar-refractivity contribution is 7.99. The van der Waals surface area contributed by atoms with Crippen LogP contribution in [0.5, 0.6) is 5.75 Å². The second-order valence-electron chi connectivity index (χ2n) is 5.33. The predicted octanol–water partition coefficient (Wildman–Crippen LogP) is 2.47. The molecule has 1 rings (SSSR count). The highest BCUT2D eigenvalue weighted by Crippen LogP contribution is 2.19. The van der Waals surface area contributed by atoms with Crippen LogP contribution in [0.4, 0.5) is 0 Å². The fraction of sp³-hybridized carbons (Fsp3) is 0.600. The Balaban J connectivity index is 2.25. The third-order valence-electron chi connectivity index (χ3n) is 3.01. The maximum Gasteiger partial charge on any atom is 0.122 e. The fourth-order valence-corrected chi connectivity index (χ4v) is 1.82. The summed E-state index contributed by atoms with van der Waals surface area (Å²) >= 11 is 1.82. The standard InChI is InChI=1S/C15H25NO2S/c1-12-7-5-6-8-14(12)18-10-13(17)9-16-11-15(2,3)19-4/h5-8,13,16-17H,9-11H2,1-4H3. The third kappa shape index (κ3) is 6.32. The number of nitrogens with one attached hydrogen (secondary N) is 1. The molecule has 4 heteroatoms. The van der Waals surface area contributed by atoms with Gasteiger partial charge < -0.3 is 15.2 Å². The molecule has 0 aromatic heterocycles. The van der Waals surface area contributed by atoms with Crippen molar-refractivity contribution >= 4 is 11.8 Å². The van der Waals surface area contributed by atoms with E-state index in [2.05, 4.69) is 25.4 Å². The zero-order valence-corrected chi connectivity index (χ0v) is 13.1. The smallest absolute Gasteiger partial charge is 0.122 e. The number of rotatable bonds is 8. The molecule has 0 bridgehead atoms. The quantitative estimate of drug-likeness (QED) is 0.769. The summed E-state index contributed by atoms with van der Waals surface area (Å²) in [5, 5.41) is 13.2. The van der Waals surface area contributed by atoms with Crippen LogP contribution in [0.1, 0.15) is 19.4 Å². The third-order valence-corrected chi connectivity index (χ3v) is 4.26. The summed E-state index contributed by atoms with van der Waals surface area (Å²) in [6.07, 6.45) is 1.61. The van der Waals surface area contributed by atoms with Crippen molar-refractivity contribution in [3.63, 3.8) is 0 Å². The SMILES string of the molecule is CSC(C)(C)CNCC(O)COc1ccccc1C. The van der Waals surface area contributed by atoms with E-state index in [1.54, 1.807) is 0 Å². The molecule has 19 heavy (non-hydrogen) atoms. The van der Waals surface area contributed by atoms with Gasteiger partial charge in [0.1, 0.15) is 18.5 Å². The molecule has 0 aliphatic carbocycles. The first kappa shape index (κ1) is 16.3. The van der Waals surface area contributed by atoms with Crippen LogP contribution in [0.2, 0.25) is 0 Å². The molecule has 0 saturated heterocycles. The minimum absolute atomic E-state index is 0.191. The normalized spacial score (nSPS) is 13.3. The summed E-state index contributed by atoms with van der Waals surface area (Å²) in [6, 6.07) is 7.84. The van der Waals surface area contributed by atoms with Gasteiger partial charge in [-0.1, -0.05) is 18.2 Å².